The summed E-state index contributed by atoms with van der Waals surface area (Å²) in [5, 5.41) is 6.00. The quantitative estimate of drug-likeness (QED) is 0.836. The van der Waals surface area contributed by atoms with Gasteiger partial charge in [0.15, 0.2) is 5.17 Å². The minimum Gasteiger partial charge on any atom is -0.358 e. The van der Waals surface area contributed by atoms with E-state index in [4.69, 9.17) is 11.6 Å². The van der Waals surface area contributed by atoms with E-state index < -0.39 is 0 Å². The van der Waals surface area contributed by atoms with Crippen molar-refractivity contribution in [3.63, 3.8) is 0 Å². The zero-order valence-corrected chi connectivity index (χ0v) is 14.0. The van der Waals surface area contributed by atoms with Crippen LogP contribution in [0.1, 0.15) is 45.2 Å². The zero-order valence-electron chi connectivity index (χ0n) is 12.4. The maximum atomic E-state index is 6.24. The van der Waals surface area contributed by atoms with Crippen LogP contribution in [-0.4, -0.2) is 17.0 Å². The largest absolute Gasteiger partial charge is 0.358 e. The molecule has 0 bridgehead atoms. The van der Waals surface area contributed by atoms with Crippen molar-refractivity contribution in [3.8, 4) is 0 Å². The van der Waals surface area contributed by atoms with Gasteiger partial charge in [0, 0.05) is 10.3 Å². The predicted octanol–water partition coefficient (Wildman–Crippen LogP) is 4.90. The van der Waals surface area contributed by atoms with Crippen LogP contribution in [0, 0.1) is 5.92 Å². The Bertz CT molecular complexity index is 471. The summed E-state index contributed by atoms with van der Waals surface area (Å²) in [5.74, 6) is 0.763. The Labute approximate surface area is 131 Å². The van der Waals surface area contributed by atoms with Gasteiger partial charge in [-0.2, -0.15) is 0 Å². The van der Waals surface area contributed by atoms with E-state index in [1.165, 1.54) is 12.8 Å². The maximum Gasteiger partial charge on any atom is 0.157 e. The van der Waals surface area contributed by atoms with Crippen LogP contribution in [0.2, 0.25) is 5.02 Å². The lowest BCUT2D eigenvalue weighted by molar-refractivity contribution is 0.479. The molecule has 4 heteroatoms. The Morgan fingerprint density at radius 1 is 1.35 bits per heavy atom. The summed E-state index contributed by atoms with van der Waals surface area (Å²) < 4.78 is 0. The van der Waals surface area contributed by atoms with Crippen molar-refractivity contribution < 1.29 is 0 Å². The lowest BCUT2D eigenvalue weighted by Gasteiger charge is -2.20. The van der Waals surface area contributed by atoms with E-state index in [1.807, 2.05) is 30.0 Å². The Morgan fingerprint density at radius 3 is 2.70 bits per heavy atom. The van der Waals surface area contributed by atoms with Gasteiger partial charge in [-0.1, -0.05) is 68.3 Å². The van der Waals surface area contributed by atoms with Gasteiger partial charge in [0.25, 0.3) is 0 Å². The van der Waals surface area contributed by atoms with Crippen LogP contribution in [0.5, 0.6) is 0 Å². The molecule has 0 saturated heterocycles. The molecule has 1 aromatic carbocycles. The van der Waals surface area contributed by atoms with Gasteiger partial charge < -0.3 is 5.32 Å². The van der Waals surface area contributed by atoms with Crippen LogP contribution in [0.3, 0.4) is 0 Å². The first-order valence-corrected chi connectivity index (χ1v) is 8.63. The summed E-state index contributed by atoms with van der Waals surface area (Å²) in [6.07, 6.45) is 2.47. The third kappa shape index (κ3) is 3.70. The summed E-state index contributed by atoms with van der Waals surface area (Å²) in [7, 11) is 0. The molecular weight excluding hydrogens is 288 g/mol. The number of amidine groups is 1. The summed E-state index contributed by atoms with van der Waals surface area (Å²) in [5.41, 5.74) is 1.13. The SMILES string of the molecule is CCC(CC)C1CN=C(NC(C)c2ccccc2Cl)S1. The van der Waals surface area contributed by atoms with Gasteiger partial charge in [-0.15, -0.1) is 0 Å². The van der Waals surface area contributed by atoms with E-state index in [0.717, 1.165) is 28.2 Å². The molecule has 0 spiro atoms. The summed E-state index contributed by atoms with van der Waals surface area (Å²) in [4.78, 5) is 4.65. The standard InChI is InChI=1S/C16H23ClN2S/c1-4-12(5-2)15-10-18-16(20-15)19-11(3)13-8-6-7-9-14(13)17/h6-9,11-12,15H,4-5,10H2,1-3H3,(H,18,19). The molecule has 2 unspecified atom stereocenters. The van der Waals surface area contributed by atoms with Crippen molar-refractivity contribution in [1.82, 2.24) is 5.32 Å². The average molecular weight is 311 g/mol. The monoisotopic (exact) mass is 310 g/mol. The molecule has 2 rings (SSSR count). The molecule has 2 nitrogen and oxygen atoms in total. The Morgan fingerprint density at radius 2 is 2.05 bits per heavy atom. The minimum absolute atomic E-state index is 0.190. The highest BCUT2D eigenvalue weighted by Crippen LogP contribution is 2.31. The van der Waals surface area contributed by atoms with Gasteiger partial charge in [0.1, 0.15) is 0 Å². The molecule has 1 aliphatic rings. The molecule has 1 heterocycles. The van der Waals surface area contributed by atoms with Crippen LogP contribution in [0.4, 0.5) is 0 Å². The number of thioether (sulfide) groups is 1. The fraction of sp³-hybridized carbons (Fsp3) is 0.562. The van der Waals surface area contributed by atoms with Crippen molar-refractivity contribution in [2.45, 2.75) is 44.9 Å². The Kier molecular flexibility index (Phi) is 5.79. The van der Waals surface area contributed by atoms with E-state index in [9.17, 15) is 0 Å². The molecule has 0 saturated carbocycles. The second kappa shape index (κ2) is 7.37. The van der Waals surface area contributed by atoms with Crippen LogP contribution >= 0.6 is 23.4 Å². The molecule has 0 amide bonds. The highest BCUT2D eigenvalue weighted by molar-refractivity contribution is 8.14. The fourth-order valence-corrected chi connectivity index (χ4v) is 4.33. The van der Waals surface area contributed by atoms with Crippen molar-refractivity contribution >= 4 is 28.5 Å². The van der Waals surface area contributed by atoms with E-state index in [2.05, 4.69) is 37.1 Å². The Balaban J connectivity index is 1.94. The zero-order chi connectivity index (χ0) is 14.5. The van der Waals surface area contributed by atoms with E-state index >= 15 is 0 Å². The molecule has 0 aliphatic carbocycles. The lowest BCUT2D eigenvalue weighted by Crippen LogP contribution is -2.24. The van der Waals surface area contributed by atoms with Gasteiger partial charge >= 0.3 is 0 Å². The van der Waals surface area contributed by atoms with Crippen molar-refractivity contribution in [3.05, 3.63) is 34.9 Å². The molecule has 0 radical (unpaired) electrons. The third-order valence-electron chi connectivity index (χ3n) is 3.96. The maximum absolute atomic E-state index is 6.24. The number of hydrogen-bond acceptors (Lipinski definition) is 3. The highest BCUT2D eigenvalue weighted by atomic mass is 35.5. The topological polar surface area (TPSA) is 24.4 Å². The van der Waals surface area contributed by atoms with E-state index in [1.54, 1.807) is 0 Å². The first-order chi connectivity index (χ1) is 9.65. The first-order valence-electron chi connectivity index (χ1n) is 7.37. The van der Waals surface area contributed by atoms with Crippen molar-refractivity contribution in [1.29, 1.82) is 0 Å². The first kappa shape index (κ1) is 15.7. The third-order valence-corrected chi connectivity index (χ3v) is 5.62. The predicted molar refractivity (Wildman–Crippen MR) is 90.8 cm³/mol. The lowest BCUT2D eigenvalue weighted by atomic mass is 9.99. The number of hydrogen-bond donors (Lipinski definition) is 1. The number of rotatable bonds is 5. The average Bonchev–Trinajstić information content (AvgIpc) is 2.89. The van der Waals surface area contributed by atoms with Crippen molar-refractivity contribution in [2.24, 2.45) is 10.9 Å². The van der Waals surface area contributed by atoms with Gasteiger partial charge in [-0.25, -0.2) is 0 Å². The summed E-state index contributed by atoms with van der Waals surface area (Å²) in [6.45, 7) is 7.61. The second-order valence-electron chi connectivity index (χ2n) is 5.27. The van der Waals surface area contributed by atoms with Crippen LogP contribution in [-0.2, 0) is 0 Å². The smallest absolute Gasteiger partial charge is 0.157 e. The number of nitrogens with one attached hydrogen (secondary N) is 1. The number of nitrogens with zero attached hydrogens (tertiary/aromatic N) is 1. The molecule has 20 heavy (non-hydrogen) atoms. The molecule has 0 fully saturated rings. The highest BCUT2D eigenvalue weighted by Gasteiger charge is 2.26. The fourth-order valence-electron chi connectivity index (χ4n) is 2.62. The van der Waals surface area contributed by atoms with Gasteiger partial charge in [0.2, 0.25) is 0 Å². The van der Waals surface area contributed by atoms with Gasteiger partial charge in [0.05, 0.1) is 12.6 Å². The minimum atomic E-state index is 0.190. The molecule has 1 aliphatic heterocycles. The second-order valence-corrected chi connectivity index (χ2v) is 6.90. The molecule has 2 atom stereocenters. The molecule has 0 aromatic heterocycles. The number of halogens is 1. The molecule has 1 N–H and O–H groups in total. The van der Waals surface area contributed by atoms with Gasteiger partial charge in [-0.3, -0.25) is 4.99 Å². The molecular formula is C16H23ClN2S. The van der Waals surface area contributed by atoms with E-state index in [-0.39, 0.29) is 6.04 Å². The summed E-state index contributed by atoms with van der Waals surface area (Å²) >= 11 is 8.13. The number of benzene rings is 1. The van der Waals surface area contributed by atoms with Gasteiger partial charge in [-0.05, 0) is 24.5 Å². The number of aliphatic imine (C=N–C) groups is 1. The summed E-state index contributed by atoms with van der Waals surface area (Å²) in [6, 6.07) is 8.18. The van der Waals surface area contributed by atoms with Crippen LogP contribution in [0.25, 0.3) is 0 Å². The van der Waals surface area contributed by atoms with Crippen LogP contribution < -0.4 is 5.32 Å². The van der Waals surface area contributed by atoms with Crippen LogP contribution in [0.15, 0.2) is 29.3 Å². The normalized spacial score (nSPS) is 20.1. The molecule has 1 aromatic rings. The molecule has 110 valence electrons. The van der Waals surface area contributed by atoms with Crippen molar-refractivity contribution in [2.75, 3.05) is 6.54 Å². The van der Waals surface area contributed by atoms with E-state index in [0.29, 0.717) is 5.25 Å². The Hall–Kier alpha value is -0.670.